The Morgan fingerprint density at radius 1 is 1.45 bits per heavy atom. The largest absolute Gasteiger partial charge is 0.495 e. The fraction of sp³-hybridized carbons (Fsp3) is 0.154. The zero-order valence-electron chi connectivity index (χ0n) is 10.9. The molecule has 1 heterocycles. The van der Waals surface area contributed by atoms with Crippen LogP contribution in [-0.4, -0.2) is 23.0 Å². The molecule has 0 bridgehead atoms. The maximum atomic E-state index is 12.0. The third-order valence-corrected chi connectivity index (χ3v) is 3.04. The number of hydrogen-bond donors (Lipinski definition) is 2. The normalized spacial score (nSPS) is 10.2. The van der Waals surface area contributed by atoms with E-state index in [-0.39, 0.29) is 11.3 Å². The first-order chi connectivity index (χ1) is 9.51. The molecule has 0 saturated heterocycles. The van der Waals surface area contributed by atoms with Crippen LogP contribution in [0.2, 0.25) is 5.02 Å². The summed E-state index contributed by atoms with van der Waals surface area (Å²) in [5, 5.41) is 3.20. The summed E-state index contributed by atoms with van der Waals surface area (Å²) >= 11 is 5.99. The van der Waals surface area contributed by atoms with E-state index in [1.807, 2.05) is 6.92 Å². The van der Waals surface area contributed by atoms with Gasteiger partial charge in [-0.15, -0.1) is 0 Å². The van der Waals surface area contributed by atoms with Crippen molar-refractivity contribution in [2.75, 3.05) is 12.4 Å². The number of aromatic amines is 1. The van der Waals surface area contributed by atoms with Crippen molar-refractivity contribution in [3.63, 3.8) is 0 Å². The van der Waals surface area contributed by atoms with Gasteiger partial charge in [0.15, 0.2) is 0 Å². The molecule has 1 aromatic carbocycles. The highest BCUT2D eigenvalue weighted by atomic mass is 35.5. The minimum Gasteiger partial charge on any atom is -0.495 e. The Bertz CT molecular complexity index is 692. The van der Waals surface area contributed by atoms with E-state index in [1.54, 1.807) is 12.1 Å². The van der Waals surface area contributed by atoms with Gasteiger partial charge in [0, 0.05) is 17.3 Å². The second-order valence-corrected chi connectivity index (χ2v) is 4.46. The van der Waals surface area contributed by atoms with Crippen molar-refractivity contribution < 1.29 is 9.53 Å². The maximum Gasteiger partial charge on any atom is 0.275 e. The zero-order valence-corrected chi connectivity index (χ0v) is 11.6. The molecule has 2 rings (SSSR count). The van der Waals surface area contributed by atoms with Crippen LogP contribution in [0.1, 0.15) is 16.1 Å². The van der Waals surface area contributed by atoms with Crippen LogP contribution in [0.3, 0.4) is 0 Å². The number of benzene rings is 1. The van der Waals surface area contributed by atoms with Crippen LogP contribution in [0.4, 0.5) is 5.69 Å². The lowest BCUT2D eigenvalue weighted by Crippen LogP contribution is -2.17. The monoisotopic (exact) mass is 293 g/mol. The van der Waals surface area contributed by atoms with Crippen LogP contribution in [0.15, 0.2) is 29.3 Å². The molecule has 0 fully saturated rings. The van der Waals surface area contributed by atoms with Gasteiger partial charge in [0.05, 0.1) is 19.0 Å². The van der Waals surface area contributed by atoms with Crippen molar-refractivity contribution in [1.29, 1.82) is 0 Å². The van der Waals surface area contributed by atoms with Gasteiger partial charge in [-0.2, -0.15) is 0 Å². The lowest BCUT2D eigenvalue weighted by molar-refractivity contribution is 0.102. The van der Waals surface area contributed by atoms with Crippen LogP contribution >= 0.6 is 11.6 Å². The van der Waals surface area contributed by atoms with Gasteiger partial charge in [0.2, 0.25) is 0 Å². The molecule has 0 atom stereocenters. The molecule has 0 saturated carbocycles. The summed E-state index contributed by atoms with van der Waals surface area (Å²) in [5.41, 5.74) is 1.00. The summed E-state index contributed by atoms with van der Waals surface area (Å²) in [5.74, 6) is -0.0142. The second-order valence-electron chi connectivity index (χ2n) is 4.05. The molecule has 104 valence electrons. The molecule has 6 nitrogen and oxygen atoms in total. The summed E-state index contributed by atoms with van der Waals surface area (Å²) in [4.78, 5) is 29.0. The molecule has 1 amide bonds. The maximum absolute atomic E-state index is 12.0. The van der Waals surface area contributed by atoms with Gasteiger partial charge < -0.3 is 15.0 Å². The number of ether oxygens (including phenoxy) is 1. The van der Waals surface area contributed by atoms with Crippen molar-refractivity contribution in [3.8, 4) is 5.75 Å². The lowest BCUT2D eigenvalue weighted by Gasteiger charge is -2.11. The van der Waals surface area contributed by atoms with Gasteiger partial charge in [0.1, 0.15) is 11.4 Å². The SMILES string of the molecule is COc1cc(Cl)c(C)cc1NC(=O)c1c[nH]c(=O)cn1. The van der Waals surface area contributed by atoms with E-state index in [4.69, 9.17) is 16.3 Å². The lowest BCUT2D eigenvalue weighted by atomic mass is 10.2. The van der Waals surface area contributed by atoms with Gasteiger partial charge in [0.25, 0.3) is 11.5 Å². The van der Waals surface area contributed by atoms with E-state index in [9.17, 15) is 9.59 Å². The summed E-state index contributed by atoms with van der Waals surface area (Å²) in [7, 11) is 1.48. The zero-order chi connectivity index (χ0) is 14.7. The number of halogens is 1. The van der Waals surface area contributed by atoms with Crippen LogP contribution in [-0.2, 0) is 0 Å². The average molecular weight is 294 g/mol. The number of amides is 1. The number of hydrogen-bond acceptors (Lipinski definition) is 4. The molecular weight excluding hydrogens is 282 g/mol. The second kappa shape index (κ2) is 5.75. The predicted octanol–water partition coefficient (Wildman–Crippen LogP) is 1.99. The van der Waals surface area contributed by atoms with Crippen LogP contribution < -0.4 is 15.6 Å². The summed E-state index contributed by atoms with van der Waals surface area (Å²) in [6, 6.07) is 3.32. The number of anilines is 1. The predicted molar refractivity (Wildman–Crippen MR) is 75.6 cm³/mol. The molecule has 2 N–H and O–H groups in total. The van der Waals surface area contributed by atoms with E-state index >= 15 is 0 Å². The average Bonchev–Trinajstić information content (AvgIpc) is 2.43. The Hall–Kier alpha value is -2.34. The van der Waals surface area contributed by atoms with E-state index in [2.05, 4.69) is 15.3 Å². The third kappa shape index (κ3) is 2.97. The molecular formula is C13H12ClN3O3. The molecule has 0 aliphatic rings. The Morgan fingerprint density at radius 2 is 2.20 bits per heavy atom. The van der Waals surface area contributed by atoms with Gasteiger partial charge in [-0.05, 0) is 18.6 Å². The van der Waals surface area contributed by atoms with E-state index in [0.717, 1.165) is 11.8 Å². The summed E-state index contributed by atoms with van der Waals surface area (Å²) in [6.45, 7) is 1.82. The standard InChI is InChI=1S/C13H12ClN3O3/c1-7-3-9(11(20-2)4-8(7)14)17-13(19)10-5-16-12(18)6-15-10/h3-6H,1-2H3,(H,16,18)(H,17,19). The molecule has 1 aromatic heterocycles. The Kier molecular flexibility index (Phi) is 4.05. The summed E-state index contributed by atoms with van der Waals surface area (Å²) in [6.07, 6.45) is 2.28. The van der Waals surface area contributed by atoms with Gasteiger partial charge in [-0.1, -0.05) is 11.6 Å². The highest BCUT2D eigenvalue weighted by Crippen LogP contribution is 2.31. The van der Waals surface area contributed by atoms with Gasteiger partial charge >= 0.3 is 0 Å². The highest BCUT2D eigenvalue weighted by molar-refractivity contribution is 6.31. The number of carbonyl (C=O) groups excluding carboxylic acids is 1. The third-order valence-electron chi connectivity index (χ3n) is 2.63. The number of rotatable bonds is 3. The van der Waals surface area contributed by atoms with Crippen molar-refractivity contribution in [2.24, 2.45) is 0 Å². The van der Waals surface area contributed by atoms with Crippen molar-refractivity contribution in [3.05, 3.63) is 51.2 Å². The van der Waals surface area contributed by atoms with Crippen LogP contribution in [0, 0.1) is 6.92 Å². The van der Waals surface area contributed by atoms with E-state index in [0.29, 0.717) is 16.5 Å². The highest BCUT2D eigenvalue weighted by Gasteiger charge is 2.12. The number of aromatic nitrogens is 2. The Morgan fingerprint density at radius 3 is 2.80 bits per heavy atom. The first-order valence-corrected chi connectivity index (χ1v) is 6.09. The minimum atomic E-state index is -0.457. The smallest absolute Gasteiger partial charge is 0.275 e. The van der Waals surface area contributed by atoms with Gasteiger partial charge in [-0.25, -0.2) is 4.98 Å². The van der Waals surface area contributed by atoms with E-state index < -0.39 is 5.91 Å². The number of nitrogens with one attached hydrogen (secondary N) is 2. The van der Waals surface area contributed by atoms with Crippen molar-refractivity contribution >= 4 is 23.2 Å². The van der Waals surface area contributed by atoms with E-state index in [1.165, 1.54) is 13.3 Å². The molecule has 20 heavy (non-hydrogen) atoms. The summed E-state index contributed by atoms with van der Waals surface area (Å²) < 4.78 is 5.16. The number of aryl methyl sites for hydroxylation is 1. The van der Waals surface area contributed by atoms with Crippen LogP contribution in [0.5, 0.6) is 5.75 Å². The molecule has 0 spiro atoms. The van der Waals surface area contributed by atoms with Crippen molar-refractivity contribution in [1.82, 2.24) is 9.97 Å². The molecule has 7 heteroatoms. The first kappa shape index (κ1) is 14.1. The fourth-order valence-electron chi connectivity index (χ4n) is 1.58. The molecule has 0 unspecified atom stereocenters. The van der Waals surface area contributed by atoms with Gasteiger partial charge in [-0.3, -0.25) is 9.59 Å². The first-order valence-electron chi connectivity index (χ1n) is 5.71. The number of nitrogens with zero attached hydrogens (tertiary/aromatic N) is 1. The Labute approximate surface area is 119 Å². The topological polar surface area (TPSA) is 84.1 Å². The number of carbonyl (C=O) groups is 1. The van der Waals surface area contributed by atoms with Crippen LogP contribution in [0.25, 0.3) is 0 Å². The number of H-pyrrole nitrogens is 1. The molecule has 0 aliphatic heterocycles. The Balaban J connectivity index is 2.29. The number of methoxy groups -OCH3 is 1. The quantitative estimate of drug-likeness (QED) is 0.906. The molecule has 0 radical (unpaired) electrons. The minimum absolute atomic E-state index is 0.0965. The molecule has 0 aliphatic carbocycles. The molecule has 2 aromatic rings. The fourth-order valence-corrected chi connectivity index (χ4v) is 1.74. The van der Waals surface area contributed by atoms with Crippen molar-refractivity contribution in [2.45, 2.75) is 6.92 Å².